The second-order valence-electron chi connectivity index (χ2n) is 5.26. The average Bonchev–Trinajstić information content (AvgIpc) is 2.39. The molecule has 0 radical (unpaired) electrons. The van der Waals surface area contributed by atoms with Crippen molar-refractivity contribution in [2.45, 2.75) is 93.4 Å². The summed E-state index contributed by atoms with van der Waals surface area (Å²) in [5.74, 6) is 0.813. The number of hydrogen-bond donors (Lipinski definition) is 0. The van der Waals surface area contributed by atoms with Crippen LogP contribution in [0.15, 0.2) is 0 Å². The monoisotopic (exact) mass is 288 g/mol. The van der Waals surface area contributed by atoms with E-state index in [1.54, 1.807) is 6.92 Å². The minimum absolute atomic E-state index is 0.287. The van der Waals surface area contributed by atoms with Crippen LogP contribution in [0.1, 0.15) is 93.4 Å². The Morgan fingerprint density at radius 2 is 1.45 bits per heavy atom. The van der Waals surface area contributed by atoms with Crippen LogP contribution >= 0.6 is 0 Å². The van der Waals surface area contributed by atoms with Crippen LogP contribution < -0.4 is 0 Å². The Labute approximate surface area is 128 Å². The molecule has 0 bridgehead atoms. The Morgan fingerprint density at radius 3 is 1.80 bits per heavy atom. The fraction of sp³-hybridized carbons (Fsp3) is 0.944. The highest BCUT2D eigenvalue weighted by Crippen LogP contribution is 2.04. The summed E-state index contributed by atoms with van der Waals surface area (Å²) in [6.45, 7) is 15.8. The Balaban J connectivity index is -0.000000277. The van der Waals surface area contributed by atoms with Gasteiger partial charge in [-0.2, -0.15) is 0 Å². The molecule has 0 fully saturated rings. The zero-order chi connectivity index (χ0) is 16.2. The number of rotatable bonds is 10. The summed E-state index contributed by atoms with van der Waals surface area (Å²) >= 11 is 0. The largest absolute Gasteiger partial charge is 0.382 e. The van der Waals surface area contributed by atoms with Crippen molar-refractivity contribution in [3.8, 4) is 0 Å². The third-order valence-corrected chi connectivity index (χ3v) is 2.54. The summed E-state index contributed by atoms with van der Waals surface area (Å²) in [7, 11) is 0. The number of hydrogen-bond acceptors (Lipinski definition) is 2. The molecule has 0 aliphatic heterocycles. The molecule has 0 N–H and O–H groups in total. The normalized spacial score (nSPS) is 9.40. The van der Waals surface area contributed by atoms with Gasteiger partial charge in [-0.25, -0.2) is 0 Å². The summed E-state index contributed by atoms with van der Waals surface area (Å²) in [5.41, 5.74) is 0. The van der Waals surface area contributed by atoms with Gasteiger partial charge in [0.2, 0.25) is 0 Å². The van der Waals surface area contributed by atoms with Crippen molar-refractivity contribution < 1.29 is 9.53 Å². The van der Waals surface area contributed by atoms with Gasteiger partial charge < -0.3 is 9.53 Å². The predicted octanol–water partition coefficient (Wildman–Crippen LogP) is 6.03. The quantitative estimate of drug-likeness (QED) is 0.459. The highest BCUT2D eigenvalue weighted by atomic mass is 16.5. The molecule has 0 amide bonds. The first kappa shape index (κ1) is 24.6. The molecule has 124 valence electrons. The maximum Gasteiger partial charge on any atom is 0.130 e. The lowest BCUT2D eigenvalue weighted by Gasteiger charge is -2.00. The number of carbonyl (C=O) groups excluding carboxylic acids is 1. The summed E-state index contributed by atoms with van der Waals surface area (Å²) < 4.78 is 5.24. The van der Waals surface area contributed by atoms with Gasteiger partial charge in [0.1, 0.15) is 5.78 Å². The highest BCUT2D eigenvalue weighted by Gasteiger charge is 1.95. The van der Waals surface area contributed by atoms with Crippen LogP contribution in [0.3, 0.4) is 0 Å². The van der Waals surface area contributed by atoms with Crippen LogP contribution in [0.4, 0.5) is 0 Å². The van der Waals surface area contributed by atoms with Crippen LogP contribution in [0, 0.1) is 5.92 Å². The van der Waals surface area contributed by atoms with E-state index in [0.29, 0.717) is 5.92 Å². The standard InChI is InChI=1S/C10H22O.C6H12O.C2H6/c1-3-5-6-7-8-9-10-11-4-2;1-5(2)4-6(3)7;1-2/h3-10H2,1-2H3;5H,4H2,1-3H3;1-2H3. The van der Waals surface area contributed by atoms with E-state index in [4.69, 9.17) is 4.74 Å². The summed E-state index contributed by atoms with van der Waals surface area (Å²) in [6.07, 6.45) is 8.85. The average molecular weight is 289 g/mol. The molecular formula is C18H40O2. The molecule has 0 heterocycles. The van der Waals surface area contributed by atoms with Gasteiger partial charge in [0, 0.05) is 19.6 Å². The van der Waals surface area contributed by atoms with Gasteiger partial charge in [-0.15, -0.1) is 0 Å². The zero-order valence-corrected chi connectivity index (χ0v) is 15.3. The van der Waals surface area contributed by atoms with E-state index in [0.717, 1.165) is 19.6 Å². The van der Waals surface area contributed by atoms with E-state index >= 15 is 0 Å². The van der Waals surface area contributed by atoms with E-state index < -0.39 is 0 Å². The Bertz CT molecular complexity index is 157. The molecular weight excluding hydrogens is 248 g/mol. The highest BCUT2D eigenvalue weighted by molar-refractivity contribution is 5.75. The van der Waals surface area contributed by atoms with E-state index in [1.807, 2.05) is 27.7 Å². The van der Waals surface area contributed by atoms with Gasteiger partial charge in [0.05, 0.1) is 0 Å². The van der Waals surface area contributed by atoms with Gasteiger partial charge in [0.25, 0.3) is 0 Å². The van der Waals surface area contributed by atoms with Crippen molar-refractivity contribution in [1.29, 1.82) is 0 Å². The van der Waals surface area contributed by atoms with Crippen LogP contribution in [-0.4, -0.2) is 19.0 Å². The molecule has 0 rings (SSSR count). The molecule has 0 spiro atoms. The first-order valence-electron chi connectivity index (χ1n) is 8.61. The maximum atomic E-state index is 10.3. The number of unbranched alkanes of at least 4 members (excludes halogenated alkanes) is 5. The predicted molar refractivity (Wildman–Crippen MR) is 91.4 cm³/mol. The third kappa shape index (κ3) is 36.0. The first-order chi connectivity index (χ1) is 9.54. The van der Waals surface area contributed by atoms with Crippen LogP contribution in [-0.2, 0) is 9.53 Å². The number of carbonyl (C=O) groups is 1. The molecule has 2 heteroatoms. The minimum Gasteiger partial charge on any atom is -0.382 e. The third-order valence-electron chi connectivity index (χ3n) is 2.54. The topological polar surface area (TPSA) is 26.3 Å². The van der Waals surface area contributed by atoms with Gasteiger partial charge in [0.15, 0.2) is 0 Å². The SMILES string of the molecule is CC.CC(=O)CC(C)C.CCCCCCCCOCC. The fourth-order valence-corrected chi connectivity index (χ4v) is 1.70. The fourth-order valence-electron chi connectivity index (χ4n) is 1.70. The minimum atomic E-state index is 0.287. The van der Waals surface area contributed by atoms with Crippen molar-refractivity contribution in [2.24, 2.45) is 5.92 Å². The second-order valence-corrected chi connectivity index (χ2v) is 5.26. The lowest BCUT2D eigenvalue weighted by Crippen LogP contribution is -1.95. The Hall–Kier alpha value is -0.370. The smallest absolute Gasteiger partial charge is 0.130 e. The molecule has 2 nitrogen and oxygen atoms in total. The van der Waals surface area contributed by atoms with Crippen molar-refractivity contribution in [1.82, 2.24) is 0 Å². The number of ketones is 1. The molecule has 0 aromatic heterocycles. The molecule has 0 aromatic rings. The van der Waals surface area contributed by atoms with Gasteiger partial charge in [-0.05, 0) is 26.2 Å². The molecule has 0 saturated carbocycles. The van der Waals surface area contributed by atoms with E-state index in [1.165, 1.54) is 38.5 Å². The van der Waals surface area contributed by atoms with Crippen molar-refractivity contribution >= 4 is 5.78 Å². The molecule has 0 unspecified atom stereocenters. The van der Waals surface area contributed by atoms with Crippen molar-refractivity contribution in [3.63, 3.8) is 0 Å². The molecule has 0 aliphatic rings. The molecule has 0 aliphatic carbocycles. The van der Waals surface area contributed by atoms with Crippen LogP contribution in [0.5, 0.6) is 0 Å². The lowest BCUT2D eigenvalue weighted by atomic mass is 10.1. The number of ether oxygens (including phenoxy) is 1. The zero-order valence-electron chi connectivity index (χ0n) is 15.3. The molecule has 0 aromatic carbocycles. The van der Waals surface area contributed by atoms with Crippen LogP contribution in [0.2, 0.25) is 0 Å². The van der Waals surface area contributed by atoms with Crippen LogP contribution in [0.25, 0.3) is 0 Å². The van der Waals surface area contributed by atoms with E-state index in [2.05, 4.69) is 13.8 Å². The lowest BCUT2D eigenvalue weighted by molar-refractivity contribution is -0.117. The number of Topliss-reactive ketones (excluding diaryl/α,β-unsaturated/α-hetero) is 1. The second kappa shape index (κ2) is 23.7. The summed E-state index contributed by atoms with van der Waals surface area (Å²) in [5, 5.41) is 0. The van der Waals surface area contributed by atoms with Crippen molar-refractivity contribution in [3.05, 3.63) is 0 Å². The molecule has 20 heavy (non-hydrogen) atoms. The Morgan fingerprint density at radius 1 is 0.950 bits per heavy atom. The first-order valence-corrected chi connectivity index (χ1v) is 8.61. The van der Waals surface area contributed by atoms with E-state index in [-0.39, 0.29) is 5.78 Å². The maximum absolute atomic E-state index is 10.3. The van der Waals surface area contributed by atoms with Gasteiger partial charge >= 0.3 is 0 Å². The van der Waals surface area contributed by atoms with Gasteiger partial charge in [-0.1, -0.05) is 66.7 Å². The molecule has 0 saturated heterocycles. The summed E-state index contributed by atoms with van der Waals surface area (Å²) in [6, 6.07) is 0. The van der Waals surface area contributed by atoms with E-state index in [9.17, 15) is 4.79 Å². The Kier molecular flexibility index (Phi) is 29.2. The molecule has 0 atom stereocenters. The van der Waals surface area contributed by atoms with Crippen molar-refractivity contribution in [2.75, 3.05) is 13.2 Å². The summed E-state index contributed by atoms with van der Waals surface area (Å²) in [4.78, 5) is 10.3. The van der Waals surface area contributed by atoms with Gasteiger partial charge in [-0.3, -0.25) is 0 Å².